The number of nitrogens with zero attached hydrogens (tertiary/aromatic N) is 2. The van der Waals surface area contributed by atoms with Crippen LogP contribution in [0.4, 0.5) is 11.5 Å². The fourth-order valence-electron chi connectivity index (χ4n) is 2.47. The van der Waals surface area contributed by atoms with E-state index in [4.69, 9.17) is 5.11 Å². The first kappa shape index (κ1) is 16.7. The Morgan fingerprint density at radius 1 is 1.20 bits per heavy atom. The zero-order valence-electron chi connectivity index (χ0n) is 13.6. The Morgan fingerprint density at radius 2 is 1.88 bits per heavy atom. The molecule has 2 aromatic rings. The average molecular weight is 342 g/mol. The molecule has 2 unspecified atom stereocenters. The van der Waals surface area contributed by atoms with E-state index in [-0.39, 0.29) is 30.1 Å². The summed E-state index contributed by atoms with van der Waals surface area (Å²) < 4.78 is 1.22. The van der Waals surface area contributed by atoms with E-state index in [1.54, 1.807) is 24.3 Å². The molecule has 3 rings (SSSR count). The van der Waals surface area contributed by atoms with Crippen molar-refractivity contribution in [3.8, 4) is 0 Å². The number of rotatable bonds is 6. The molecule has 1 aromatic heterocycles. The zero-order chi connectivity index (χ0) is 18.0. The second-order valence-electron chi connectivity index (χ2n) is 6.13. The van der Waals surface area contributed by atoms with Gasteiger partial charge in [0.1, 0.15) is 6.54 Å². The number of carbonyl (C=O) groups is 3. The third-order valence-corrected chi connectivity index (χ3v) is 4.04. The second kappa shape index (κ2) is 6.76. The van der Waals surface area contributed by atoms with E-state index in [9.17, 15) is 14.4 Å². The molecule has 8 heteroatoms. The molecule has 1 heterocycles. The first-order valence-corrected chi connectivity index (χ1v) is 7.90. The molecule has 8 nitrogen and oxygen atoms in total. The van der Waals surface area contributed by atoms with E-state index in [0.29, 0.717) is 17.2 Å². The monoisotopic (exact) mass is 342 g/mol. The molecule has 25 heavy (non-hydrogen) atoms. The molecular formula is C17H18N4O4. The van der Waals surface area contributed by atoms with Gasteiger partial charge in [0.25, 0.3) is 5.91 Å². The minimum atomic E-state index is -1.01. The fourth-order valence-corrected chi connectivity index (χ4v) is 2.47. The molecular weight excluding hydrogens is 324 g/mol. The SMILES string of the molecule is CC1CC1C(=O)Nc1ccc(C(=O)Nc2ccn(CC(=O)O)n2)cc1. The molecule has 1 aromatic carbocycles. The van der Waals surface area contributed by atoms with E-state index in [2.05, 4.69) is 15.7 Å². The highest BCUT2D eigenvalue weighted by atomic mass is 16.4. The Labute approximate surface area is 143 Å². The Kier molecular flexibility index (Phi) is 4.51. The summed E-state index contributed by atoms with van der Waals surface area (Å²) in [6.45, 7) is 1.76. The van der Waals surface area contributed by atoms with Gasteiger partial charge < -0.3 is 15.7 Å². The fraction of sp³-hybridized carbons (Fsp3) is 0.294. The first-order chi connectivity index (χ1) is 11.9. The summed E-state index contributed by atoms with van der Waals surface area (Å²) in [5.74, 6) is -0.580. The quantitative estimate of drug-likeness (QED) is 0.741. The summed E-state index contributed by atoms with van der Waals surface area (Å²) in [7, 11) is 0. The molecule has 1 saturated carbocycles. The van der Waals surface area contributed by atoms with E-state index < -0.39 is 5.97 Å². The smallest absolute Gasteiger partial charge is 0.325 e. The Morgan fingerprint density at radius 3 is 2.48 bits per heavy atom. The Hall–Kier alpha value is -3.16. The number of anilines is 2. The molecule has 0 aliphatic heterocycles. The van der Waals surface area contributed by atoms with Crippen LogP contribution in [0.15, 0.2) is 36.5 Å². The zero-order valence-corrected chi connectivity index (χ0v) is 13.6. The number of nitrogens with one attached hydrogen (secondary N) is 2. The van der Waals surface area contributed by atoms with E-state index in [0.717, 1.165) is 6.42 Å². The van der Waals surface area contributed by atoms with E-state index in [1.807, 2.05) is 6.92 Å². The van der Waals surface area contributed by atoms with Crippen LogP contribution in [0.5, 0.6) is 0 Å². The molecule has 0 bridgehead atoms. The van der Waals surface area contributed by atoms with Crippen LogP contribution in [0.1, 0.15) is 23.7 Å². The summed E-state index contributed by atoms with van der Waals surface area (Å²) in [6.07, 6.45) is 2.39. The molecule has 1 aliphatic rings. The van der Waals surface area contributed by atoms with Crippen LogP contribution in [0.25, 0.3) is 0 Å². The van der Waals surface area contributed by atoms with Crippen molar-refractivity contribution < 1.29 is 19.5 Å². The number of hydrogen-bond donors (Lipinski definition) is 3. The van der Waals surface area contributed by atoms with Gasteiger partial charge >= 0.3 is 5.97 Å². The van der Waals surface area contributed by atoms with Crippen LogP contribution in [-0.4, -0.2) is 32.7 Å². The topological polar surface area (TPSA) is 113 Å². The van der Waals surface area contributed by atoms with Crippen LogP contribution < -0.4 is 10.6 Å². The van der Waals surface area contributed by atoms with Gasteiger partial charge in [-0.05, 0) is 36.6 Å². The maximum atomic E-state index is 12.2. The van der Waals surface area contributed by atoms with Crippen molar-refractivity contribution in [2.75, 3.05) is 10.6 Å². The van der Waals surface area contributed by atoms with Crippen molar-refractivity contribution in [1.82, 2.24) is 9.78 Å². The first-order valence-electron chi connectivity index (χ1n) is 7.90. The van der Waals surface area contributed by atoms with Gasteiger partial charge in [0.05, 0.1) is 0 Å². The summed E-state index contributed by atoms with van der Waals surface area (Å²) >= 11 is 0. The Bertz CT molecular complexity index is 812. The number of carboxylic acid groups (broad SMARTS) is 1. The third-order valence-electron chi connectivity index (χ3n) is 4.04. The van der Waals surface area contributed by atoms with E-state index in [1.165, 1.54) is 16.9 Å². The van der Waals surface area contributed by atoms with Gasteiger partial charge in [-0.3, -0.25) is 19.1 Å². The number of amides is 2. The molecule has 1 fully saturated rings. The lowest BCUT2D eigenvalue weighted by Crippen LogP contribution is -2.15. The number of aliphatic carboxylic acids is 1. The molecule has 1 aliphatic carbocycles. The van der Waals surface area contributed by atoms with Gasteiger partial charge in [-0.15, -0.1) is 0 Å². The van der Waals surface area contributed by atoms with Crippen LogP contribution in [0, 0.1) is 11.8 Å². The highest BCUT2D eigenvalue weighted by Gasteiger charge is 2.39. The van der Waals surface area contributed by atoms with Gasteiger partial charge in [-0.25, -0.2) is 0 Å². The minimum absolute atomic E-state index is 0.00803. The van der Waals surface area contributed by atoms with Crippen molar-refractivity contribution in [1.29, 1.82) is 0 Å². The molecule has 2 amide bonds. The van der Waals surface area contributed by atoms with E-state index >= 15 is 0 Å². The van der Waals surface area contributed by atoms with Crippen LogP contribution in [0.3, 0.4) is 0 Å². The standard InChI is InChI=1S/C17H18N4O4/c1-10-8-13(10)17(25)18-12-4-2-11(3-5-12)16(24)19-14-6-7-21(20-14)9-15(22)23/h2-7,10,13H,8-9H2,1H3,(H,18,25)(H,22,23)(H,19,20,24). The van der Waals surface area contributed by atoms with Gasteiger partial charge in [0.2, 0.25) is 5.91 Å². The molecule has 0 saturated heterocycles. The number of carbonyl (C=O) groups excluding carboxylic acids is 2. The maximum absolute atomic E-state index is 12.2. The van der Waals surface area contributed by atoms with Gasteiger partial charge in [0, 0.05) is 29.4 Å². The van der Waals surface area contributed by atoms with Crippen molar-refractivity contribution in [3.05, 3.63) is 42.1 Å². The second-order valence-corrected chi connectivity index (χ2v) is 6.13. The molecule has 3 N–H and O–H groups in total. The summed E-state index contributed by atoms with van der Waals surface area (Å²) in [6, 6.07) is 8.07. The van der Waals surface area contributed by atoms with Crippen LogP contribution in [0.2, 0.25) is 0 Å². The van der Waals surface area contributed by atoms with Crippen molar-refractivity contribution in [2.24, 2.45) is 11.8 Å². The number of benzene rings is 1. The van der Waals surface area contributed by atoms with Gasteiger partial charge in [-0.1, -0.05) is 6.92 Å². The van der Waals surface area contributed by atoms with Gasteiger partial charge in [-0.2, -0.15) is 5.10 Å². The predicted molar refractivity (Wildman–Crippen MR) is 90.2 cm³/mol. The lowest BCUT2D eigenvalue weighted by molar-refractivity contribution is -0.137. The highest BCUT2D eigenvalue weighted by Crippen LogP contribution is 2.38. The average Bonchev–Trinajstić information content (AvgIpc) is 3.14. The minimum Gasteiger partial charge on any atom is -0.480 e. The predicted octanol–water partition coefficient (Wildman–Crippen LogP) is 1.81. The molecule has 2 atom stereocenters. The summed E-state index contributed by atoms with van der Waals surface area (Å²) in [4.78, 5) is 34.7. The molecule has 130 valence electrons. The summed E-state index contributed by atoms with van der Waals surface area (Å²) in [5.41, 5.74) is 1.05. The Balaban J connectivity index is 1.57. The van der Waals surface area contributed by atoms with Crippen LogP contribution in [-0.2, 0) is 16.1 Å². The van der Waals surface area contributed by atoms with Crippen molar-refractivity contribution in [3.63, 3.8) is 0 Å². The molecule has 0 radical (unpaired) electrons. The molecule has 0 spiro atoms. The maximum Gasteiger partial charge on any atom is 0.325 e. The van der Waals surface area contributed by atoms with Crippen LogP contribution >= 0.6 is 0 Å². The number of hydrogen-bond acceptors (Lipinski definition) is 4. The lowest BCUT2D eigenvalue weighted by Gasteiger charge is -2.06. The number of carboxylic acids is 1. The largest absolute Gasteiger partial charge is 0.480 e. The van der Waals surface area contributed by atoms with Crippen molar-refractivity contribution >= 4 is 29.3 Å². The summed E-state index contributed by atoms with van der Waals surface area (Å²) in [5, 5.41) is 18.1. The highest BCUT2D eigenvalue weighted by molar-refractivity contribution is 6.04. The third kappa shape index (κ3) is 4.23. The normalized spacial score (nSPS) is 18.4. The number of aromatic nitrogens is 2. The van der Waals surface area contributed by atoms with Crippen molar-refractivity contribution in [2.45, 2.75) is 19.9 Å². The lowest BCUT2D eigenvalue weighted by atomic mass is 10.2. The van der Waals surface area contributed by atoms with Gasteiger partial charge in [0.15, 0.2) is 5.82 Å².